The molecule has 6 nitrogen and oxygen atoms in total. The van der Waals surface area contributed by atoms with E-state index in [0.717, 1.165) is 66.9 Å². The second-order valence-corrected chi connectivity index (χ2v) is 8.45. The van der Waals surface area contributed by atoms with E-state index in [2.05, 4.69) is 39.1 Å². The van der Waals surface area contributed by atoms with Gasteiger partial charge < -0.3 is 9.80 Å². The maximum Gasteiger partial charge on any atom is 0.225 e. The molecule has 2 aliphatic rings. The lowest BCUT2D eigenvalue weighted by molar-refractivity contribution is 0.0956. The summed E-state index contributed by atoms with van der Waals surface area (Å²) in [6.45, 7) is 5.35. The number of fused-ring (bicyclic) bond motifs is 1. The van der Waals surface area contributed by atoms with Crippen LogP contribution in [0.5, 0.6) is 0 Å². The van der Waals surface area contributed by atoms with E-state index in [1.165, 1.54) is 0 Å². The molecular weight excluding hydrogens is 398 g/mol. The largest absolute Gasteiger partial charge is 0.353 e. The Hall–Kier alpha value is -3.54. The molecule has 0 saturated carbocycles. The van der Waals surface area contributed by atoms with E-state index in [4.69, 9.17) is 9.97 Å². The first-order valence-corrected chi connectivity index (χ1v) is 11.2. The first kappa shape index (κ1) is 20.4. The van der Waals surface area contributed by atoms with Crippen molar-refractivity contribution < 1.29 is 4.79 Å². The number of carbonyl (C=O) groups excluding carboxylic acids is 1. The number of hydrogen-bond acceptors (Lipinski definition) is 6. The predicted octanol–water partition coefficient (Wildman–Crippen LogP) is 3.97. The van der Waals surface area contributed by atoms with Crippen LogP contribution in [-0.2, 0) is 6.42 Å². The van der Waals surface area contributed by atoms with Crippen molar-refractivity contribution in [2.24, 2.45) is 5.92 Å². The first-order chi connectivity index (χ1) is 15.7. The molecule has 3 aromatic rings. The Morgan fingerprint density at radius 1 is 0.906 bits per heavy atom. The Labute approximate surface area is 188 Å². The van der Waals surface area contributed by atoms with Crippen LogP contribution in [0.3, 0.4) is 0 Å². The lowest BCUT2D eigenvalue weighted by Gasteiger charge is -2.36. The van der Waals surface area contributed by atoms with Gasteiger partial charge in [-0.15, -0.1) is 0 Å². The van der Waals surface area contributed by atoms with Gasteiger partial charge >= 0.3 is 0 Å². The molecule has 1 saturated heterocycles. The van der Waals surface area contributed by atoms with Crippen molar-refractivity contribution in [2.75, 3.05) is 36.0 Å². The molecule has 0 bridgehead atoms. The maximum atomic E-state index is 12.9. The fraction of sp³-hybridized carbons (Fsp3) is 0.308. The summed E-state index contributed by atoms with van der Waals surface area (Å²) in [5, 5.41) is 0. The number of aryl methyl sites for hydroxylation is 1. The third-order valence-electron chi connectivity index (χ3n) is 6.23. The molecule has 32 heavy (non-hydrogen) atoms. The Balaban J connectivity index is 1.32. The molecule has 162 valence electrons. The van der Waals surface area contributed by atoms with Crippen molar-refractivity contribution in [1.82, 2.24) is 15.0 Å². The zero-order valence-corrected chi connectivity index (χ0v) is 18.3. The highest BCUT2D eigenvalue weighted by Crippen LogP contribution is 2.29. The zero-order valence-electron chi connectivity index (χ0n) is 18.3. The summed E-state index contributed by atoms with van der Waals surface area (Å²) in [7, 11) is 0. The number of hydrogen-bond donors (Lipinski definition) is 0. The van der Waals surface area contributed by atoms with Crippen LogP contribution in [0.15, 0.2) is 60.8 Å². The van der Waals surface area contributed by atoms with Crippen LogP contribution in [0.25, 0.3) is 6.08 Å². The molecule has 3 heterocycles. The molecule has 1 atom stereocenters. The molecule has 1 aromatic carbocycles. The van der Waals surface area contributed by atoms with E-state index in [9.17, 15) is 4.79 Å². The third kappa shape index (κ3) is 4.26. The second kappa shape index (κ2) is 8.91. The normalized spacial score (nSPS) is 18.8. The highest BCUT2D eigenvalue weighted by atomic mass is 16.1. The molecule has 0 radical (unpaired) electrons. The van der Waals surface area contributed by atoms with E-state index in [-0.39, 0.29) is 11.7 Å². The number of carbonyl (C=O) groups is 1. The number of ketones is 1. The second-order valence-electron chi connectivity index (χ2n) is 8.45. The minimum Gasteiger partial charge on any atom is -0.353 e. The topological polar surface area (TPSA) is 62.2 Å². The van der Waals surface area contributed by atoms with E-state index in [0.29, 0.717) is 6.42 Å². The lowest BCUT2D eigenvalue weighted by atomic mass is 9.85. The highest BCUT2D eigenvalue weighted by Gasteiger charge is 2.29. The first-order valence-electron chi connectivity index (χ1n) is 11.2. The molecule has 1 fully saturated rings. The number of anilines is 2. The Kier molecular flexibility index (Phi) is 5.67. The molecule has 0 amide bonds. The SMILES string of the molecule is Cc1nc(N2CCN(c3ccccn3)CC2)nc2c1C(=O)CC(C=Cc1ccccc1)C2. The van der Waals surface area contributed by atoms with Gasteiger partial charge in [-0.25, -0.2) is 15.0 Å². The standard InChI is InChI=1S/C26H27N5O/c1-19-25-22(17-21(18-23(25)32)11-10-20-7-3-2-4-8-20)29-26(28-19)31-15-13-30(14-16-31)24-9-5-6-12-27-24/h2-12,21H,13-18H2,1H3. The number of aromatic nitrogens is 3. The molecule has 5 rings (SSSR count). The van der Waals surface area contributed by atoms with Gasteiger partial charge in [-0.2, -0.15) is 0 Å². The van der Waals surface area contributed by atoms with Gasteiger partial charge in [-0.1, -0.05) is 48.6 Å². The third-order valence-corrected chi connectivity index (χ3v) is 6.23. The van der Waals surface area contributed by atoms with Gasteiger partial charge in [0.25, 0.3) is 0 Å². The van der Waals surface area contributed by atoms with Gasteiger partial charge in [0.05, 0.1) is 17.0 Å². The molecule has 0 N–H and O–H groups in total. The molecule has 1 aliphatic heterocycles. The van der Waals surface area contributed by atoms with Crippen molar-refractivity contribution in [3.63, 3.8) is 0 Å². The quantitative estimate of drug-likeness (QED) is 0.630. The Morgan fingerprint density at radius 2 is 1.66 bits per heavy atom. The average molecular weight is 426 g/mol. The lowest BCUT2D eigenvalue weighted by Crippen LogP contribution is -2.47. The van der Waals surface area contributed by atoms with Crippen molar-refractivity contribution in [1.29, 1.82) is 0 Å². The average Bonchev–Trinajstić information content (AvgIpc) is 2.83. The Bertz CT molecular complexity index is 1120. The van der Waals surface area contributed by atoms with Crippen molar-refractivity contribution >= 4 is 23.6 Å². The van der Waals surface area contributed by atoms with Crippen LogP contribution >= 0.6 is 0 Å². The van der Waals surface area contributed by atoms with Crippen LogP contribution in [-0.4, -0.2) is 46.9 Å². The molecule has 1 unspecified atom stereocenters. The molecule has 1 aliphatic carbocycles. The van der Waals surface area contributed by atoms with E-state index < -0.39 is 0 Å². The highest BCUT2D eigenvalue weighted by molar-refractivity contribution is 5.99. The number of piperazine rings is 1. The van der Waals surface area contributed by atoms with Gasteiger partial charge in [-0.05, 0) is 37.0 Å². The van der Waals surface area contributed by atoms with Gasteiger partial charge in [0, 0.05) is 38.8 Å². The summed E-state index contributed by atoms with van der Waals surface area (Å²) in [5.41, 5.74) is 3.56. The number of Topliss-reactive ketones (excluding diaryl/α,β-unsaturated/α-hetero) is 1. The Morgan fingerprint density at radius 3 is 2.41 bits per heavy atom. The van der Waals surface area contributed by atoms with Crippen LogP contribution in [0.2, 0.25) is 0 Å². The number of nitrogens with zero attached hydrogens (tertiary/aromatic N) is 5. The van der Waals surface area contributed by atoms with E-state index in [1.807, 2.05) is 49.5 Å². The minimum absolute atomic E-state index is 0.151. The monoisotopic (exact) mass is 425 g/mol. The maximum absolute atomic E-state index is 12.9. The summed E-state index contributed by atoms with van der Waals surface area (Å²) in [5.74, 6) is 2.06. The van der Waals surface area contributed by atoms with E-state index in [1.54, 1.807) is 0 Å². The fourth-order valence-electron chi connectivity index (χ4n) is 4.55. The summed E-state index contributed by atoms with van der Waals surface area (Å²) in [4.78, 5) is 31.4. The van der Waals surface area contributed by atoms with Gasteiger partial charge in [0.15, 0.2) is 5.78 Å². The summed E-state index contributed by atoms with van der Waals surface area (Å²) >= 11 is 0. The van der Waals surface area contributed by atoms with Crippen molar-refractivity contribution in [3.8, 4) is 0 Å². The van der Waals surface area contributed by atoms with E-state index >= 15 is 0 Å². The zero-order chi connectivity index (χ0) is 21.9. The minimum atomic E-state index is 0.151. The fourth-order valence-corrected chi connectivity index (χ4v) is 4.55. The number of pyridine rings is 1. The van der Waals surface area contributed by atoms with Crippen LogP contribution < -0.4 is 9.80 Å². The van der Waals surface area contributed by atoms with Crippen LogP contribution in [0.4, 0.5) is 11.8 Å². The van der Waals surface area contributed by atoms with Gasteiger partial charge in [-0.3, -0.25) is 4.79 Å². The predicted molar refractivity (Wildman–Crippen MR) is 127 cm³/mol. The number of benzene rings is 1. The van der Waals surface area contributed by atoms with Crippen molar-refractivity contribution in [2.45, 2.75) is 19.8 Å². The molecule has 0 spiro atoms. The van der Waals surface area contributed by atoms with Gasteiger partial charge in [0.2, 0.25) is 5.95 Å². The number of allylic oxidation sites excluding steroid dienone is 1. The van der Waals surface area contributed by atoms with Crippen LogP contribution in [0, 0.1) is 12.8 Å². The number of rotatable bonds is 4. The summed E-state index contributed by atoms with van der Waals surface area (Å²) in [6, 6.07) is 16.2. The van der Waals surface area contributed by atoms with Crippen molar-refractivity contribution in [3.05, 3.63) is 83.3 Å². The molecular formula is C26H27N5O. The summed E-state index contributed by atoms with van der Waals surface area (Å²) in [6.07, 6.45) is 7.38. The molecule has 2 aromatic heterocycles. The van der Waals surface area contributed by atoms with Gasteiger partial charge in [0.1, 0.15) is 5.82 Å². The van der Waals surface area contributed by atoms with Crippen LogP contribution in [0.1, 0.15) is 33.7 Å². The smallest absolute Gasteiger partial charge is 0.225 e. The molecule has 6 heteroatoms. The summed E-state index contributed by atoms with van der Waals surface area (Å²) < 4.78 is 0.